The lowest BCUT2D eigenvalue weighted by Crippen LogP contribution is -2.02. The average Bonchev–Trinajstić information content (AvgIpc) is 2.55. The molecular formula is C13H12N6OS. The number of benzene rings is 1. The van der Waals surface area contributed by atoms with Gasteiger partial charge in [0, 0.05) is 12.4 Å². The lowest BCUT2D eigenvalue weighted by Gasteiger charge is -2.06. The summed E-state index contributed by atoms with van der Waals surface area (Å²) in [4.78, 5) is 21.1. The van der Waals surface area contributed by atoms with Crippen molar-refractivity contribution in [3.05, 3.63) is 30.6 Å². The molecule has 1 aromatic carbocycles. The minimum atomic E-state index is 0.259. The first-order valence-electron chi connectivity index (χ1n) is 6.15. The Morgan fingerprint density at radius 3 is 2.76 bits per heavy atom. The van der Waals surface area contributed by atoms with Crippen molar-refractivity contribution in [2.45, 2.75) is 10.2 Å². The molecule has 0 saturated carbocycles. The molecule has 8 heteroatoms. The molecule has 0 amide bonds. The van der Waals surface area contributed by atoms with E-state index >= 15 is 0 Å². The zero-order chi connectivity index (χ0) is 14.7. The quantitative estimate of drug-likeness (QED) is 0.732. The Labute approximate surface area is 125 Å². The molecule has 7 nitrogen and oxygen atoms in total. The number of anilines is 1. The molecule has 0 radical (unpaired) electrons. The van der Waals surface area contributed by atoms with E-state index in [1.165, 1.54) is 25.2 Å². The number of nitrogens with zero attached hydrogens (tertiary/aromatic N) is 5. The molecule has 0 atom stereocenters. The summed E-state index contributed by atoms with van der Waals surface area (Å²) in [7, 11) is 3.26. The minimum absolute atomic E-state index is 0.259. The van der Waals surface area contributed by atoms with Crippen LogP contribution in [0.15, 0.2) is 40.8 Å². The van der Waals surface area contributed by atoms with Gasteiger partial charge < -0.3 is 10.1 Å². The van der Waals surface area contributed by atoms with Crippen molar-refractivity contribution in [1.29, 1.82) is 0 Å². The van der Waals surface area contributed by atoms with Crippen molar-refractivity contribution in [2.75, 3.05) is 19.5 Å². The Balaban J connectivity index is 2.02. The van der Waals surface area contributed by atoms with Gasteiger partial charge in [-0.3, -0.25) is 0 Å². The van der Waals surface area contributed by atoms with Gasteiger partial charge in [-0.15, -0.1) is 0 Å². The molecule has 3 aromatic rings. The van der Waals surface area contributed by atoms with Crippen molar-refractivity contribution >= 4 is 28.6 Å². The number of ether oxygens (including phenoxy) is 1. The zero-order valence-corrected chi connectivity index (χ0v) is 12.3. The van der Waals surface area contributed by atoms with Crippen molar-refractivity contribution < 1.29 is 4.74 Å². The van der Waals surface area contributed by atoms with Gasteiger partial charge in [0.1, 0.15) is 11.4 Å². The van der Waals surface area contributed by atoms with E-state index in [4.69, 9.17) is 4.74 Å². The van der Waals surface area contributed by atoms with Crippen LogP contribution in [0.2, 0.25) is 0 Å². The minimum Gasteiger partial charge on any atom is -0.467 e. The Hall–Kier alpha value is -2.48. The summed E-state index contributed by atoms with van der Waals surface area (Å²) in [5.41, 5.74) is 0.880. The monoisotopic (exact) mass is 300 g/mol. The van der Waals surface area contributed by atoms with Crippen molar-refractivity contribution in [3.63, 3.8) is 0 Å². The third-order valence-corrected chi connectivity index (χ3v) is 3.58. The molecule has 0 aliphatic heterocycles. The van der Waals surface area contributed by atoms with Gasteiger partial charge in [0.15, 0.2) is 0 Å². The van der Waals surface area contributed by atoms with Crippen LogP contribution >= 0.6 is 11.8 Å². The average molecular weight is 300 g/mol. The third-order valence-electron chi connectivity index (χ3n) is 2.69. The lowest BCUT2D eigenvalue weighted by atomic mass is 10.2. The van der Waals surface area contributed by atoms with Gasteiger partial charge >= 0.3 is 6.01 Å². The second kappa shape index (κ2) is 5.88. The molecule has 21 heavy (non-hydrogen) atoms. The van der Waals surface area contributed by atoms with Gasteiger partial charge in [0.2, 0.25) is 11.1 Å². The fourth-order valence-electron chi connectivity index (χ4n) is 1.73. The van der Waals surface area contributed by atoms with E-state index in [9.17, 15) is 0 Å². The van der Waals surface area contributed by atoms with Crippen LogP contribution in [0.4, 0.5) is 5.95 Å². The maximum Gasteiger partial charge on any atom is 0.321 e. The van der Waals surface area contributed by atoms with E-state index in [0.717, 1.165) is 15.9 Å². The first-order chi connectivity index (χ1) is 10.3. The standard InChI is InChI=1S/C13H12N6OS/c1-14-11-17-12(20-2)19-13(18-11)21-10-8-5-3-4-6-9(8)15-7-16-10/h3-7H,1-2H3,(H,14,17,18,19). The van der Waals surface area contributed by atoms with Crippen molar-refractivity contribution in [1.82, 2.24) is 24.9 Å². The summed E-state index contributed by atoms with van der Waals surface area (Å²) in [5.74, 6) is 0.447. The highest BCUT2D eigenvalue weighted by molar-refractivity contribution is 7.99. The van der Waals surface area contributed by atoms with Crippen LogP contribution in [0.1, 0.15) is 0 Å². The number of para-hydroxylation sites is 1. The number of methoxy groups -OCH3 is 1. The van der Waals surface area contributed by atoms with Crippen LogP contribution in [-0.2, 0) is 0 Å². The van der Waals surface area contributed by atoms with Crippen LogP contribution in [0, 0.1) is 0 Å². The zero-order valence-electron chi connectivity index (χ0n) is 11.4. The smallest absolute Gasteiger partial charge is 0.321 e. The molecule has 106 valence electrons. The summed E-state index contributed by atoms with van der Waals surface area (Å²) >= 11 is 1.34. The molecule has 0 fully saturated rings. The van der Waals surface area contributed by atoms with Gasteiger partial charge in [-0.05, 0) is 17.8 Å². The first kappa shape index (κ1) is 13.5. The summed E-state index contributed by atoms with van der Waals surface area (Å²) in [6.07, 6.45) is 1.53. The van der Waals surface area contributed by atoms with E-state index in [2.05, 4.69) is 30.2 Å². The Bertz CT molecular complexity index is 754. The molecule has 2 heterocycles. The molecule has 2 aromatic heterocycles. The summed E-state index contributed by atoms with van der Waals surface area (Å²) in [6, 6.07) is 8.05. The highest BCUT2D eigenvalue weighted by atomic mass is 32.2. The molecular weight excluding hydrogens is 288 g/mol. The molecule has 0 bridgehead atoms. The van der Waals surface area contributed by atoms with E-state index in [1.807, 2.05) is 24.3 Å². The predicted octanol–water partition coefficient (Wildman–Crippen LogP) is 2.02. The van der Waals surface area contributed by atoms with E-state index in [0.29, 0.717) is 11.1 Å². The van der Waals surface area contributed by atoms with Crippen LogP contribution in [-0.4, -0.2) is 39.1 Å². The third kappa shape index (κ3) is 2.84. The van der Waals surface area contributed by atoms with E-state index < -0.39 is 0 Å². The lowest BCUT2D eigenvalue weighted by molar-refractivity contribution is 0.374. The van der Waals surface area contributed by atoms with Gasteiger partial charge in [-0.25, -0.2) is 9.97 Å². The number of fused-ring (bicyclic) bond motifs is 1. The maximum atomic E-state index is 5.07. The summed E-state index contributed by atoms with van der Waals surface area (Å²) in [5, 5.41) is 5.13. The summed E-state index contributed by atoms with van der Waals surface area (Å²) in [6.45, 7) is 0. The molecule has 0 aliphatic rings. The number of rotatable bonds is 4. The Morgan fingerprint density at radius 1 is 1.10 bits per heavy atom. The maximum absolute atomic E-state index is 5.07. The molecule has 0 aliphatic carbocycles. The molecule has 1 N–H and O–H groups in total. The summed E-state index contributed by atoms with van der Waals surface area (Å²) < 4.78 is 5.07. The van der Waals surface area contributed by atoms with Gasteiger partial charge in [0.05, 0.1) is 12.6 Å². The second-order valence-corrected chi connectivity index (χ2v) is 4.93. The highest BCUT2D eigenvalue weighted by Gasteiger charge is 2.11. The molecule has 0 saturated heterocycles. The highest BCUT2D eigenvalue weighted by Crippen LogP contribution is 2.29. The van der Waals surface area contributed by atoms with Crippen LogP contribution in [0.3, 0.4) is 0 Å². The van der Waals surface area contributed by atoms with Crippen LogP contribution in [0.5, 0.6) is 6.01 Å². The van der Waals surface area contributed by atoms with Gasteiger partial charge in [-0.1, -0.05) is 18.2 Å². The second-order valence-electron chi connectivity index (χ2n) is 3.98. The number of aromatic nitrogens is 5. The molecule has 0 unspecified atom stereocenters. The predicted molar refractivity (Wildman–Crippen MR) is 79.6 cm³/mol. The fourth-order valence-corrected chi connectivity index (χ4v) is 2.55. The Morgan fingerprint density at radius 2 is 1.95 bits per heavy atom. The number of nitrogens with one attached hydrogen (secondary N) is 1. The van der Waals surface area contributed by atoms with Gasteiger partial charge in [-0.2, -0.15) is 15.0 Å². The van der Waals surface area contributed by atoms with Crippen molar-refractivity contribution in [3.8, 4) is 6.01 Å². The normalized spacial score (nSPS) is 10.6. The SMILES string of the molecule is CNc1nc(OC)nc(Sc2ncnc3ccccc23)n1. The molecule has 0 spiro atoms. The largest absolute Gasteiger partial charge is 0.467 e. The number of hydrogen-bond acceptors (Lipinski definition) is 8. The van der Waals surface area contributed by atoms with Crippen molar-refractivity contribution in [2.24, 2.45) is 0 Å². The topological polar surface area (TPSA) is 85.7 Å². The van der Waals surface area contributed by atoms with Crippen LogP contribution < -0.4 is 10.1 Å². The van der Waals surface area contributed by atoms with E-state index in [1.54, 1.807) is 7.05 Å². The Kier molecular flexibility index (Phi) is 3.78. The number of hydrogen-bond donors (Lipinski definition) is 1. The van der Waals surface area contributed by atoms with Crippen LogP contribution in [0.25, 0.3) is 10.9 Å². The molecule has 3 rings (SSSR count). The fraction of sp³-hybridized carbons (Fsp3) is 0.154. The van der Waals surface area contributed by atoms with Gasteiger partial charge in [0.25, 0.3) is 0 Å². The first-order valence-corrected chi connectivity index (χ1v) is 6.97. The van der Waals surface area contributed by atoms with E-state index in [-0.39, 0.29) is 6.01 Å².